The summed E-state index contributed by atoms with van der Waals surface area (Å²) in [5.41, 5.74) is 1.90. The largest absolute Gasteiger partial charge is 0.339 e. The van der Waals surface area contributed by atoms with Crippen LogP contribution in [0.15, 0.2) is 54.6 Å². The molecular weight excluding hydrogens is 377 g/mol. The Bertz CT molecular complexity index is 825. The van der Waals surface area contributed by atoms with Crippen molar-refractivity contribution in [2.24, 2.45) is 0 Å². The van der Waals surface area contributed by atoms with Crippen LogP contribution in [-0.4, -0.2) is 54.0 Å². The van der Waals surface area contributed by atoms with Crippen molar-refractivity contribution in [2.45, 2.75) is 44.2 Å². The van der Waals surface area contributed by atoms with Gasteiger partial charge in [-0.2, -0.15) is 0 Å². The Morgan fingerprint density at radius 3 is 2.27 bits per heavy atom. The highest BCUT2D eigenvalue weighted by atomic mass is 19.1. The average molecular weight is 410 g/mol. The van der Waals surface area contributed by atoms with E-state index in [0.717, 1.165) is 64.0 Å². The lowest BCUT2D eigenvalue weighted by Gasteiger charge is -2.44. The maximum Gasteiger partial charge on any atom is 0.242 e. The topological polar surface area (TPSA) is 35.6 Å². The van der Waals surface area contributed by atoms with E-state index in [-0.39, 0.29) is 23.3 Å². The van der Waals surface area contributed by atoms with Crippen LogP contribution in [0.5, 0.6) is 0 Å². The van der Waals surface area contributed by atoms with Crippen LogP contribution >= 0.6 is 0 Å². The van der Waals surface area contributed by atoms with Gasteiger partial charge in [0.15, 0.2) is 0 Å². The molecule has 1 unspecified atom stereocenters. The van der Waals surface area contributed by atoms with Crippen LogP contribution in [-0.2, 0) is 4.79 Å². The minimum atomic E-state index is -0.379. The fourth-order valence-electron chi connectivity index (χ4n) is 4.98. The van der Waals surface area contributed by atoms with Crippen LogP contribution in [0.25, 0.3) is 0 Å². The summed E-state index contributed by atoms with van der Waals surface area (Å²) in [6.07, 6.45) is 4.05. The molecular formula is C25H32FN3O. The Morgan fingerprint density at radius 1 is 1.00 bits per heavy atom. The molecule has 160 valence electrons. The molecule has 2 aromatic carbocycles. The molecule has 0 radical (unpaired) electrons. The zero-order chi connectivity index (χ0) is 21.0. The lowest BCUT2D eigenvalue weighted by Crippen LogP contribution is -2.62. The minimum absolute atomic E-state index is 0.0667. The molecule has 2 atom stereocenters. The first kappa shape index (κ1) is 21.0. The third-order valence-corrected chi connectivity index (χ3v) is 6.77. The summed E-state index contributed by atoms with van der Waals surface area (Å²) >= 11 is 0. The fraction of sp³-hybridized carbons (Fsp3) is 0.480. The van der Waals surface area contributed by atoms with Crippen LogP contribution in [0.2, 0.25) is 0 Å². The van der Waals surface area contributed by atoms with Crippen molar-refractivity contribution in [3.05, 3.63) is 71.5 Å². The van der Waals surface area contributed by atoms with Gasteiger partial charge in [0.25, 0.3) is 0 Å². The zero-order valence-electron chi connectivity index (χ0n) is 17.8. The van der Waals surface area contributed by atoms with Crippen LogP contribution in [0.3, 0.4) is 0 Å². The first-order valence-corrected chi connectivity index (χ1v) is 11.2. The maximum absolute atomic E-state index is 13.5. The predicted molar refractivity (Wildman–Crippen MR) is 118 cm³/mol. The lowest BCUT2D eigenvalue weighted by atomic mass is 9.84. The van der Waals surface area contributed by atoms with Gasteiger partial charge in [-0.05, 0) is 55.5 Å². The van der Waals surface area contributed by atoms with E-state index in [1.807, 2.05) is 35.2 Å². The monoisotopic (exact) mass is 409 g/mol. The molecule has 0 spiro atoms. The number of benzene rings is 2. The Kier molecular flexibility index (Phi) is 6.49. The Hall–Kier alpha value is -2.24. The molecule has 5 heteroatoms. The molecule has 2 saturated heterocycles. The van der Waals surface area contributed by atoms with Crippen LogP contribution in [0, 0.1) is 5.82 Å². The second-order valence-corrected chi connectivity index (χ2v) is 8.51. The predicted octanol–water partition coefficient (Wildman–Crippen LogP) is 3.98. The number of nitrogens with zero attached hydrogens (tertiary/aromatic N) is 2. The molecule has 2 heterocycles. The minimum Gasteiger partial charge on any atom is -0.339 e. The fourth-order valence-corrected chi connectivity index (χ4v) is 4.98. The van der Waals surface area contributed by atoms with Gasteiger partial charge in [0.05, 0.1) is 11.6 Å². The number of nitrogens with one attached hydrogen (secondary N) is 1. The van der Waals surface area contributed by atoms with Gasteiger partial charge >= 0.3 is 0 Å². The van der Waals surface area contributed by atoms with E-state index >= 15 is 0 Å². The highest BCUT2D eigenvalue weighted by molar-refractivity contribution is 5.86. The van der Waals surface area contributed by atoms with E-state index in [2.05, 4.69) is 29.3 Å². The Labute approximate surface area is 179 Å². The number of rotatable bonds is 5. The van der Waals surface area contributed by atoms with Crippen molar-refractivity contribution < 1.29 is 9.18 Å². The van der Waals surface area contributed by atoms with Gasteiger partial charge in [-0.1, -0.05) is 49.4 Å². The van der Waals surface area contributed by atoms with Gasteiger partial charge in [0.2, 0.25) is 5.91 Å². The van der Waals surface area contributed by atoms with Crippen LogP contribution in [0.1, 0.15) is 49.8 Å². The van der Waals surface area contributed by atoms with Crippen molar-refractivity contribution in [3.8, 4) is 0 Å². The van der Waals surface area contributed by atoms with E-state index in [0.29, 0.717) is 0 Å². The van der Waals surface area contributed by atoms with Crippen molar-refractivity contribution in [2.75, 3.05) is 32.7 Å². The number of carbonyl (C=O) groups excluding carboxylic acids is 1. The quantitative estimate of drug-likeness (QED) is 0.811. The molecule has 4 nitrogen and oxygen atoms in total. The zero-order valence-corrected chi connectivity index (χ0v) is 17.8. The molecule has 4 rings (SSSR count). The van der Waals surface area contributed by atoms with Crippen LogP contribution < -0.4 is 5.32 Å². The van der Waals surface area contributed by atoms with Gasteiger partial charge in [0, 0.05) is 26.2 Å². The first-order chi connectivity index (χ1) is 14.6. The third kappa shape index (κ3) is 4.28. The molecule has 2 aromatic rings. The van der Waals surface area contributed by atoms with Gasteiger partial charge in [0.1, 0.15) is 5.82 Å². The van der Waals surface area contributed by atoms with Gasteiger partial charge in [-0.15, -0.1) is 0 Å². The summed E-state index contributed by atoms with van der Waals surface area (Å²) in [6.45, 7) is 6.12. The van der Waals surface area contributed by atoms with E-state index in [1.165, 1.54) is 17.7 Å². The molecule has 0 aromatic heterocycles. The van der Waals surface area contributed by atoms with Crippen LogP contribution in [0.4, 0.5) is 4.39 Å². The summed E-state index contributed by atoms with van der Waals surface area (Å²) in [4.78, 5) is 17.8. The first-order valence-electron chi connectivity index (χ1n) is 11.2. The Balaban J connectivity index is 1.50. The molecule has 1 N–H and O–H groups in total. The van der Waals surface area contributed by atoms with Gasteiger partial charge in [-0.3, -0.25) is 9.69 Å². The number of carbonyl (C=O) groups is 1. The third-order valence-electron chi connectivity index (χ3n) is 6.77. The summed E-state index contributed by atoms with van der Waals surface area (Å²) in [7, 11) is 0. The molecule has 2 aliphatic rings. The molecule has 30 heavy (non-hydrogen) atoms. The van der Waals surface area contributed by atoms with Crippen molar-refractivity contribution in [1.29, 1.82) is 0 Å². The molecule has 0 bridgehead atoms. The number of hydrogen-bond donors (Lipinski definition) is 1. The normalized spacial score (nSPS) is 23.9. The van der Waals surface area contributed by atoms with E-state index in [4.69, 9.17) is 0 Å². The average Bonchev–Trinajstić information content (AvgIpc) is 2.82. The SMILES string of the molecule is CC[C@@]1(C(=O)N2CCN(C(c3ccccc3)c3ccc(F)cc3)CC2)CCCCN1. The molecule has 2 fully saturated rings. The Morgan fingerprint density at radius 2 is 1.67 bits per heavy atom. The lowest BCUT2D eigenvalue weighted by molar-refractivity contribution is -0.141. The maximum atomic E-state index is 13.5. The molecule has 0 saturated carbocycles. The van der Waals surface area contributed by atoms with Crippen molar-refractivity contribution in [1.82, 2.24) is 15.1 Å². The number of piperazine rings is 1. The van der Waals surface area contributed by atoms with Crippen molar-refractivity contribution in [3.63, 3.8) is 0 Å². The molecule has 1 amide bonds. The van der Waals surface area contributed by atoms with E-state index in [9.17, 15) is 9.18 Å². The summed E-state index contributed by atoms with van der Waals surface area (Å²) in [6, 6.07) is 17.3. The summed E-state index contributed by atoms with van der Waals surface area (Å²) in [5.74, 6) is 0.0493. The second-order valence-electron chi connectivity index (χ2n) is 8.51. The molecule has 2 aliphatic heterocycles. The van der Waals surface area contributed by atoms with Crippen molar-refractivity contribution >= 4 is 5.91 Å². The highest BCUT2D eigenvalue weighted by Crippen LogP contribution is 2.31. The van der Waals surface area contributed by atoms with E-state index < -0.39 is 0 Å². The summed E-state index contributed by atoms with van der Waals surface area (Å²) < 4.78 is 13.5. The van der Waals surface area contributed by atoms with Gasteiger partial charge < -0.3 is 10.2 Å². The van der Waals surface area contributed by atoms with Gasteiger partial charge in [-0.25, -0.2) is 4.39 Å². The number of hydrogen-bond acceptors (Lipinski definition) is 3. The standard InChI is InChI=1S/C25H32FN3O/c1-2-25(14-6-7-15-27-25)24(30)29-18-16-28(17-19-29)23(20-8-4-3-5-9-20)21-10-12-22(26)13-11-21/h3-5,8-13,23,27H,2,6-7,14-19H2,1H3/t23?,25-/m0/s1. The number of amides is 1. The smallest absolute Gasteiger partial charge is 0.242 e. The second kappa shape index (κ2) is 9.27. The number of halogens is 1. The number of piperidine rings is 1. The van der Waals surface area contributed by atoms with E-state index in [1.54, 1.807) is 0 Å². The highest BCUT2D eigenvalue weighted by Gasteiger charge is 2.41. The molecule has 0 aliphatic carbocycles. The summed E-state index contributed by atoms with van der Waals surface area (Å²) in [5, 5.41) is 3.53.